The fraction of sp³-hybridized carbons (Fsp3) is 0.273. The van der Waals surface area contributed by atoms with Crippen LogP contribution in [0, 0.1) is 6.92 Å². The van der Waals surface area contributed by atoms with E-state index in [4.69, 9.17) is 16.3 Å². The molecule has 2 aromatic carbocycles. The average molecular weight is 660 g/mol. The lowest BCUT2D eigenvalue weighted by Gasteiger charge is -2.34. The molecule has 0 atom stereocenters. The number of piperazine rings is 1. The van der Waals surface area contributed by atoms with Crippen molar-refractivity contribution < 1.29 is 19.1 Å². The Kier molecular flexibility index (Phi) is 10.4. The summed E-state index contributed by atoms with van der Waals surface area (Å²) >= 11 is 7.60. The standard InChI is InChI=1S/C31H28ClN7O4S.C2H6/c1-20-34-18-39(35-20)29-27-26(25(43-2)16-33-29)24(17-38(27)19-44-23-10-8-22(32)9-11-23)28(40)31(42)37-14-12-36(13-15-37)30(41)21-6-4-3-5-7-21;1-2/h3-11,16-18H,12-15,19H2,1-2H3;1-2H3. The molecular weight excluding hydrogens is 626 g/mol. The molecule has 46 heavy (non-hydrogen) atoms. The van der Waals surface area contributed by atoms with Crippen molar-refractivity contribution in [1.29, 1.82) is 0 Å². The zero-order valence-electron chi connectivity index (χ0n) is 26.0. The van der Waals surface area contributed by atoms with Gasteiger partial charge in [0.2, 0.25) is 0 Å². The molecule has 4 heterocycles. The second kappa shape index (κ2) is 14.6. The smallest absolute Gasteiger partial charge is 0.295 e. The van der Waals surface area contributed by atoms with E-state index in [0.717, 1.165) is 4.90 Å². The molecule has 3 aromatic heterocycles. The van der Waals surface area contributed by atoms with E-state index in [1.54, 1.807) is 41.2 Å². The van der Waals surface area contributed by atoms with Crippen molar-refractivity contribution in [1.82, 2.24) is 34.1 Å². The normalized spacial score (nSPS) is 12.9. The van der Waals surface area contributed by atoms with Gasteiger partial charge in [0.15, 0.2) is 5.82 Å². The van der Waals surface area contributed by atoms with Gasteiger partial charge in [-0.1, -0.05) is 43.6 Å². The monoisotopic (exact) mass is 659 g/mol. The van der Waals surface area contributed by atoms with Crippen LogP contribution in [-0.4, -0.2) is 85.0 Å². The number of hydrogen-bond donors (Lipinski definition) is 0. The molecule has 1 fully saturated rings. The molecule has 0 bridgehead atoms. The number of pyridine rings is 1. The Bertz CT molecular complexity index is 1850. The first kappa shape index (κ1) is 32.7. The van der Waals surface area contributed by atoms with Crippen LogP contribution in [0.2, 0.25) is 5.02 Å². The van der Waals surface area contributed by atoms with Crippen molar-refractivity contribution >= 4 is 51.9 Å². The van der Waals surface area contributed by atoms with Crippen molar-refractivity contribution in [3.8, 4) is 11.6 Å². The van der Waals surface area contributed by atoms with Crippen molar-refractivity contribution in [3.05, 3.63) is 95.3 Å². The molecule has 0 radical (unpaired) electrons. The number of aromatic nitrogens is 5. The molecule has 13 heteroatoms. The van der Waals surface area contributed by atoms with Gasteiger partial charge < -0.3 is 19.1 Å². The Morgan fingerprint density at radius 1 is 0.935 bits per heavy atom. The summed E-state index contributed by atoms with van der Waals surface area (Å²) in [6.45, 7) is 6.92. The molecule has 0 saturated carbocycles. The average Bonchev–Trinajstić information content (AvgIpc) is 3.72. The number of halogens is 1. The molecule has 1 saturated heterocycles. The second-order valence-corrected chi connectivity index (χ2v) is 11.6. The maximum Gasteiger partial charge on any atom is 0.295 e. The maximum absolute atomic E-state index is 13.9. The zero-order chi connectivity index (χ0) is 32.8. The summed E-state index contributed by atoms with van der Waals surface area (Å²) in [5, 5.41) is 5.53. The summed E-state index contributed by atoms with van der Waals surface area (Å²) < 4.78 is 9.06. The topological polar surface area (TPSA) is 115 Å². The van der Waals surface area contributed by atoms with Crippen LogP contribution >= 0.6 is 23.4 Å². The lowest BCUT2D eigenvalue weighted by atomic mass is 10.1. The first-order valence-corrected chi connectivity index (χ1v) is 16.2. The molecule has 238 valence electrons. The molecule has 2 amide bonds. The summed E-state index contributed by atoms with van der Waals surface area (Å²) in [5.41, 5.74) is 1.36. The second-order valence-electron chi connectivity index (χ2n) is 10.1. The number of rotatable bonds is 8. The number of methoxy groups -OCH3 is 1. The van der Waals surface area contributed by atoms with Crippen LogP contribution in [0.3, 0.4) is 0 Å². The van der Waals surface area contributed by atoms with Crippen LogP contribution in [0.5, 0.6) is 5.75 Å². The van der Waals surface area contributed by atoms with E-state index in [-0.39, 0.29) is 24.6 Å². The predicted octanol–water partition coefficient (Wildman–Crippen LogP) is 5.53. The number of hydrogen-bond acceptors (Lipinski definition) is 8. The van der Waals surface area contributed by atoms with Gasteiger partial charge in [0.05, 0.1) is 35.6 Å². The van der Waals surface area contributed by atoms with Crippen LogP contribution in [0.4, 0.5) is 0 Å². The number of benzene rings is 2. The molecule has 6 rings (SSSR count). The Morgan fingerprint density at radius 3 is 2.24 bits per heavy atom. The molecule has 1 aliphatic rings. The van der Waals surface area contributed by atoms with E-state index in [0.29, 0.717) is 57.8 Å². The quantitative estimate of drug-likeness (QED) is 0.121. The third-order valence-corrected chi connectivity index (χ3v) is 8.65. The van der Waals surface area contributed by atoms with Crippen LogP contribution in [0.25, 0.3) is 16.7 Å². The highest BCUT2D eigenvalue weighted by molar-refractivity contribution is 7.98. The predicted molar refractivity (Wildman–Crippen MR) is 178 cm³/mol. The van der Waals surface area contributed by atoms with Gasteiger partial charge in [-0.15, -0.1) is 11.8 Å². The summed E-state index contributed by atoms with van der Waals surface area (Å²) in [4.78, 5) is 53.4. The van der Waals surface area contributed by atoms with E-state index >= 15 is 0 Å². The third kappa shape index (κ3) is 6.77. The van der Waals surface area contributed by atoms with E-state index in [9.17, 15) is 14.4 Å². The Morgan fingerprint density at radius 2 is 1.61 bits per heavy atom. The number of ether oxygens (including phenoxy) is 1. The number of nitrogens with zero attached hydrogens (tertiary/aromatic N) is 7. The van der Waals surface area contributed by atoms with E-state index in [1.165, 1.54) is 30.0 Å². The van der Waals surface area contributed by atoms with Crippen LogP contribution < -0.4 is 4.74 Å². The highest BCUT2D eigenvalue weighted by atomic mass is 35.5. The van der Waals surface area contributed by atoms with Gasteiger partial charge in [-0.25, -0.2) is 14.6 Å². The van der Waals surface area contributed by atoms with Crippen molar-refractivity contribution in [2.45, 2.75) is 31.5 Å². The lowest BCUT2D eigenvalue weighted by molar-refractivity contribution is -0.127. The zero-order valence-corrected chi connectivity index (χ0v) is 27.6. The number of thioether (sulfide) groups is 1. The van der Waals surface area contributed by atoms with E-state index in [1.807, 2.05) is 60.9 Å². The van der Waals surface area contributed by atoms with Crippen LogP contribution in [0.15, 0.2) is 78.2 Å². The molecule has 0 spiro atoms. The minimum Gasteiger partial charge on any atom is -0.494 e. The van der Waals surface area contributed by atoms with Gasteiger partial charge in [0, 0.05) is 47.9 Å². The molecule has 0 aliphatic carbocycles. The third-order valence-electron chi connectivity index (χ3n) is 7.38. The molecule has 5 aromatic rings. The first-order valence-electron chi connectivity index (χ1n) is 14.8. The number of aryl methyl sites for hydroxylation is 1. The van der Waals surface area contributed by atoms with Crippen LogP contribution in [-0.2, 0) is 10.7 Å². The van der Waals surface area contributed by atoms with Gasteiger partial charge in [0.25, 0.3) is 17.6 Å². The fourth-order valence-electron chi connectivity index (χ4n) is 5.15. The molecular formula is C33H34ClN7O4S. The summed E-state index contributed by atoms with van der Waals surface area (Å²) in [5.74, 6) is 0.341. The molecule has 0 N–H and O–H groups in total. The number of carbonyl (C=O) groups excluding carboxylic acids is 3. The minimum atomic E-state index is -0.668. The summed E-state index contributed by atoms with van der Waals surface area (Å²) in [6, 6.07) is 16.5. The first-order chi connectivity index (χ1) is 22.3. The van der Waals surface area contributed by atoms with Crippen molar-refractivity contribution in [2.75, 3.05) is 33.3 Å². The largest absolute Gasteiger partial charge is 0.494 e. The van der Waals surface area contributed by atoms with Gasteiger partial charge in [-0.3, -0.25) is 14.4 Å². The Balaban J connectivity index is 0.00000204. The maximum atomic E-state index is 13.9. The number of carbonyl (C=O) groups is 3. The number of Topliss-reactive ketones (excluding diaryl/α,β-unsaturated/α-hetero) is 1. The molecule has 0 unspecified atom stereocenters. The number of fused-ring (bicyclic) bond motifs is 1. The lowest BCUT2D eigenvalue weighted by Crippen LogP contribution is -2.52. The molecule has 1 aliphatic heterocycles. The van der Waals surface area contributed by atoms with Gasteiger partial charge in [-0.05, 0) is 43.3 Å². The number of ketones is 1. The van der Waals surface area contributed by atoms with E-state index in [2.05, 4.69) is 15.1 Å². The van der Waals surface area contributed by atoms with Crippen molar-refractivity contribution in [2.24, 2.45) is 0 Å². The van der Waals surface area contributed by atoms with Gasteiger partial charge in [-0.2, -0.15) is 5.10 Å². The highest BCUT2D eigenvalue weighted by Crippen LogP contribution is 2.36. The summed E-state index contributed by atoms with van der Waals surface area (Å²) in [6.07, 6.45) is 4.73. The van der Waals surface area contributed by atoms with Crippen molar-refractivity contribution in [3.63, 3.8) is 0 Å². The van der Waals surface area contributed by atoms with Gasteiger partial charge >= 0.3 is 0 Å². The Labute approximate surface area is 276 Å². The Hall–Kier alpha value is -4.68. The van der Waals surface area contributed by atoms with E-state index < -0.39 is 11.7 Å². The minimum absolute atomic E-state index is 0.0987. The summed E-state index contributed by atoms with van der Waals surface area (Å²) in [7, 11) is 1.49. The molecule has 11 nitrogen and oxygen atoms in total. The number of amides is 2. The highest BCUT2D eigenvalue weighted by Gasteiger charge is 2.32. The fourth-order valence-corrected chi connectivity index (χ4v) is 6.09. The SMILES string of the molecule is CC.COc1cnc(-n2cnc(C)n2)c2c1c(C(=O)C(=O)N1CCN(C(=O)c3ccccc3)CC1)cn2CSc1ccc(Cl)cc1. The van der Waals surface area contributed by atoms with Gasteiger partial charge in [0.1, 0.15) is 17.9 Å². The van der Waals surface area contributed by atoms with Crippen LogP contribution in [0.1, 0.15) is 40.4 Å².